The number of rotatable bonds is 3. The van der Waals surface area contributed by atoms with Gasteiger partial charge in [-0.05, 0) is 19.9 Å². The summed E-state index contributed by atoms with van der Waals surface area (Å²) >= 11 is 0. The lowest BCUT2D eigenvalue weighted by atomic mass is 10.3. The third-order valence-corrected chi connectivity index (χ3v) is 2.48. The Morgan fingerprint density at radius 3 is 2.72 bits per heavy atom. The van der Waals surface area contributed by atoms with Gasteiger partial charge < -0.3 is 5.73 Å². The molecule has 0 aliphatic rings. The van der Waals surface area contributed by atoms with Crippen molar-refractivity contribution in [3.63, 3.8) is 0 Å². The van der Waals surface area contributed by atoms with Crippen LogP contribution in [0.25, 0.3) is 0 Å². The molecule has 2 aromatic heterocycles. The summed E-state index contributed by atoms with van der Waals surface area (Å²) in [5.74, 6) is -0.121. The fourth-order valence-corrected chi connectivity index (χ4v) is 1.59. The van der Waals surface area contributed by atoms with E-state index < -0.39 is 0 Å². The van der Waals surface area contributed by atoms with Crippen molar-refractivity contribution >= 4 is 17.5 Å². The Morgan fingerprint density at radius 2 is 2.11 bits per heavy atom. The summed E-state index contributed by atoms with van der Waals surface area (Å²) < 4.78 is 1.56. The average molecular weight is 246 g/mol. The highest BCUT2D eigenvalue weighted by molar-refractivity contribution is 6.05. The molecule has 2 rings (SSSR count). The Morgan fingerprint density at radius 1 is 1.44 bits per heavy atom. The zero-order valence-corrected chi connectivity index (χ0v) is 10.2. The fraction of sp³-hybridized carbons (Fsp3) is 0.273. The lowest BCUT2D eigenvalue weighted by Crippen LogP contribution is -2.20. The van der Waals surface area contributed by atoms with Crippen LogP contribution in [0.4, 0.5) is 11.6 Å². The average Bonchev–Trinajstić information content (AvgIpc) is 2.66. The van der Waals surface area contributed by atoms with Gasteiger partial charge in [0.1, 0.15) is 5.69 Å². The van der Waals surface area contributed by atoms with Gasteiger partial charge in [-0.15, -0.1) is 0 Å². The quantitative estimate of drug-likeness (QED) is 0.836. The first-order valence-corrected chi connectivity index (χ1v) is 5.54. The van der Waals surface area contributed by atoms with Crippen LogP contribution in [0.3, 0.4) is 0 Å². The van der Waals surface area contributed by atoms with E-state index >= 15 is 0 Å². The Kier molecular flexibility index (Phi) is 3.22. The van der Waals surface area contributed by atoms with Crippen LogP contribution in [0, 0.1) is 6.92 Å². The predicted molar refractivity (Wildman–Crippen MR) is 67.0 cm³/mol. The number of nitrogens with two attached hydrogens (primary N) is 1. The second kappa shape index (κ2) is 4.82. The van der Waals surface area contributed by atoms with Gasteiger partial charge in [0, 0.05) is 18.9 Å². The van der Waals surface area contributed by atoms with Gasteiger partial charge in [-0.2, -0.15) is 5.10 Å². The molecule has 2 heterocycles. The van der Waals surface area contributed by atoms with Gasteiger partial charge >= 0.3 is 0 Å². The van der Waals surface area contributed by atoms with Gasteiger partial charge in [0.05, 0.1) is 11.4 Å². The molecular formula is C11H14N6O. The molecule has 1 amide bonds. The SMILES string of the molecule is CCn1nc(C)c(N)c1C(=O)Nc1ncccn1. The molecule has 0 fully saturated rings. The first-order valence-electron chi connectivity index (χ1n) is 5.54. The number of carbonyl (C=O) groups is 1. The Bertz CT molecular complexity index is 562. The molecule has 7 nitrogen and oxygen atoms in total. The molecule has 0 bridgehead atoms. The monoisotopic (exact) mass is 246 g/mol. The van der Waals surface area contributed by atoms with E-state index in [0.29, 0.717) is 23.6 Å². The van der Waals surface area contributed by atoms with Crippen LogP contribution < -0.4 is 11.1 Å². The normalized spacial score (nSPS) is 10.3. The maximum absolute atomic E-state index is 12.1. The van der Waals surface area contributed by atoms with Crippen molar-refractivity contribution < 1.29 is 4.79 Å². The van der Waals surface area contributed by atoms with Crippen molar-refractivity contribution in [2.75, 3.05) is 11.1 Å². The molecule has 94 valence electrons. The highest BCUT2D eigenvalue weighted by atomic mass is 16.2. The van der Waals surface area contributed by atoms with E-state index in [2.05, 4.69) is 20.4 Å². The lowest BCUT2D eigenvalue weighted by Gasteiger charge is -2.05. The number of nitrogen functional groups attached to an aromatic ring is 1. The first kappa shape index (κ1) is 12.0. The number of aryl methyl sites for hydroxylation is 2. The highest BCUT2D eigenvalue weighted by Crippen LogP contribution is 2.17. The van der Waals surface area contributed by atoms with Gasteiger partial charge in [0.15, 0.2) is 0 Å². The largest absolute Gasteiger partial charge is 0.395 e. The maximum atomic E-state index is 12.1. The zero-order valence-electron chi connectivity index (χ0n) is 10.2. The van der Waals surface area contributed by atoms with E-state index in [0.717, 1.165) is 0 Å². The van der Waals surface area contributed by atoms with Crippen LogP contribution in [0.5, 0.6) is 0 Å². The molecule has 0 spiro atoms. The standard InChI is InChI=1S/C11H14N6O/c1-3-17-9(8(12)7(2)16-17)10(18)15-11-13-5-4-6-14-11/h4-6H,3,12H2,1-2H3,(H,13,14,15,18). The summed E-state index contributed by atoms with van der Waals surface area (Å²) in [4.78, 5) is 19.9. The Labute approximate surface area is 104 Å². The van der Waals surface area contributed by atoms with Crippen molar-refractivity contribution in [3.8, 4) is 0 Å². The number of nitrogens with one attached hydrogen (secondary N) is 1. The minimum Gasteiger partial charge on any atom is -0.395 e. The number of carbonyl (C=O) groups excluding carboxylic acids is 1. The van der Waals surface area contributed by atoms with Crippen LogP contribution in [-0.4, -0.2) is 25.7 Å². The molecule has 0 saturated heterocycles. The van der Waals surface area contributed by atoms with Gasteiger partial charge in [-0.1, -0.05) is 0 Å². The second-order valence-electron chi connectivity index (χ2n) is 3.69. The van der Waals surface area contributed by atoms with Gasteiger partial charge in [-0.25, -0.2) is 9.97 Å². The summed E-state index contributed by atoms with van der Waals surface area (Å²) in [5, 5.41) is 6.77. The Balaban J connectivity index is 2.29. The van der Waals surface area contributed by atoms with E-state index in [1.165, 1.54) is 0 Å². The number of hydrogen-bond donors (Lipinski definition) is 2. The van der Waals surface area contributed by atoms with Crippen molar-refractivity contribution in [1.82, 2.24) is 19.7 Å². The molecule has 7 heteroatoms. The lowest BCUT2D eigenvalue weighted by molar-refractivity contribution is 0.101. The number of aromatic nitrogens is 4. The first-order chi connectivity index (χ1) is 8.63. The number of nitrogens with zero attached hydrogens (tertiary/aromatic N) is 4. The van der Waals surface area contributed by atoms with Gasteiger partial charge in [-0.3, -0.25) is 14.8 Å². The minimum atomic E-state index is -0.360. The van der Waals surface area contributed by atoms with Crippen LogP contribution in [0.15, 0.2) is 18.5 Å². The van der Waals surface area contributed by atoms with E-state index in [4.69, 9.17) is 5.73 Å². The third kappa shape index (κ3) is 2.15. The molecule has 3 N–H and O–H groups in total. The number of amides is 1. The van der Waals surface area contributed by atoms with Crippen molar-refractivity contribution in [3.05, 3.63) is 29.8 Å². The van der Waals surface area contributed by atoms with E-state index in [9.17, 15) is 4.79 Å². The molecule has 0 aromatic carbocycles. The van der Waals surface area contributed by atoms with Gasteiger partial charge in [0.2, 0.25) is 5.95 Å². The van der Waals surface area contributed by atoms with Crippen molar-refractivity contribution in [1.29, 1.82) is 0 Å². The predicted octanol–water partition coefficient (Wildman–Crippen LogP) is 0.836. The molecule has 0 aliphatic carbocycles. The maximum Gasteiger partial charge on any atom is 0.278 e. The Hall–Kier alpha value is -2.44. The third-order valence-electron chi connectivity index (χ3n) is 2.48. The van der Waals surface area contributed by atoms with Gasteiger partial charge in [0.25, 0.3) is 5.91 Å². The van der Waals surface area contributed by atoms with Crippen molar-refractivity contribution in [2.45, 2.75) is 20.4 Å². The smallest absolute Gasteiger partial charge is 0.278 e. The molecule has 0 atom stereocenters. The van der Waals surface area contributed by atoms with E-state index in [1.54, 1.807) is 30.1 Å². The van der Waals surface area contributed by atoms with Crippen LogP contribution in [-0.2, 0) is 6.54 Å². The summed E-state index contributed by atoms with van der Waals surface area (Å²) in [6, 6.07) is 1.67. The van der Waals surface area contributed by atoms with E-state index in [1.807, 2.05) is 6.92 Å². The molecule has 0 aliphatic heterocycles. The molecule has 18 heavy (non-hydrogen) atoms. The fourth-order valence-electron chi connectivity index (χ4n) is 1.59. The minimum absolute atomic E-state index is 0.239. The van der Waals surface area contributed by atoms with Crippen LogP contribution in [0.2, 0.25) is 0 Å². The number of hydrogen-bond acceptors (Lipinski definition) is 5. The zero-order chi connectivity index (χ0) is 13.1. The summed E-state index contributed by atoms with van der Waals surface area (Å²) in [6.07, 6.45) is 3.10. The van der Waals surface area contributed by atoms with E-state index in [-0.39, 0.29) is 11.9 Å². The molecule has 2 aromatic rings. The summed E-state index contributed by atoms with van der Waals surface area (Å²) in [7, 11) is 0. The molecule has 0 radical (unpaired) electrons. The number of anilines is 2. The second-order valence-corrected chi connectivity index (χ2v) is 3.69. The molecular weight excluding hydrogens is 232 g/mol. The van der Waals surface area contributed by atoms with Crippen molar-refractivity contribution in [2.24, 2.45) is 0 Å². The molecule has 0 saturated carbocycles. The topological polar surface area (TPSA) is 98.7 Å². The summed E-state index contributed by atoms with van der Waals surface area (Å²) in [6.45, 7) is 4.22. The molecule has 0 unspecified atom stereocenters. The van der Waals surface area contributed by atoms with Crippen LogP contribution >= 0.6 is 0 Å². The highest BCUT2D eigenvalue weighted by Gasteiger charge is 2.19. The van der Waals surface area contributed by atoms with Crippen LogP contribution in [0.1, 0.15) is 23.1 Å². The summed E-state index contributed by atoms with van der Waals surface area (Å²) in [5.41, 5.74) is 7.20.